The van der Waals surface area contributed by atoms with Gasteiger partial charge in [-0.2, -0.15) is 0 Å². The highest BCUT2D eigenvalue weighted by Crippen LogP contribution is 2.20. The lowest BCUT2D eigenvalue weighted by molar-refractivity contribution is -0.118. The molecule has 9 heteroatoms. The minimum absolute atomic E-state index is 0.0851. The summed E-state index contributed by atoms with van der Waals surface area (Å²) in [5.74, 6) is 1.89. The topological polar surface area (TPSA) is 89.6 Å². The smallest absolute Gasteiger partial charge is 0.264 e. The second-order valence-electron chi connectivity index (χ2n) is 6.56. The summed E-state index contributed by atoms with van der Waals surface area (Å²) in [6, 6.07) is 14.7. The molecule has 0 saturated carbocycles. The molecule has 2 N–H and O–H groups in total. The van der Waals surface area contributed by atoms with Crippen LogP contribution in [0.2, 0.25) is 0 Å². The van der Waals surface area contributed by atoms with Crippen molar-refractivity contribution in [1.82, 2.24) is 4.98 Å². The number of carbonyl (C=O) groups excluding carboxylic acids is 2. The Hall–Kier alpha value is -3.04. The van der Waals surface area contributed by atoms with E-state index in [-0.39, 0.29) is 18.4 Å². The fourth-order valence-electron chi connectivity index (χ4n) is 2.49. The van der Waals surface area contributed by atoms with Gasteiger partial charge in [-0.05, 0) is 43.3 Å². The Balaban J connectivity index is 1.36. The molecule has 2 aromatic carbocycles. The largest absolute Gasteiger partial charge is 0.497 e. The number of thioether (sulfide) groups is 1. The van der Waals surface area contributed by atoms with E-state index in [9.17, 15) is 9.59 Å². The highest BCUT2D eigenvalue weighted by Gasteiger charge is 2.09. The van der Waals surface area contributed by atoms with Gasteiger partial charge in [-0.1, -0.05) is 17.7 Å². The standard InChI is InChI=1S/C22H23N3O4S2/c1-15-3-7-19(8-4-15)29-11-20(26)25-22-24-17(13-31-22)12-30-14-21(27)23-16-5-9-18(28-2)10-6-16/h3-10,13H,11-12,14H2,1-2H3,(H,23,27)(H,24,25,26). The normalized spacial score (nSPS) is 10.4. The number of hydrogen-bond acceptors (Lipinski definition) is 7. The van der Waals surface area contributed by atoms with Gasteiger partial charge < -0.3 is 14.8 Å². The van der Waals surface area contributed by atoms with Gasteiger partial charge in [-0.3, -0.25) is 14.9 Å². The molecule has 1 aromatic heterocycles. The minimum atomic E-state index is -0.270. The van der Waals surface area contributed by atoms with E-state index < -0.39 is 0 Å². The SMILES string of the molecule is COc1ccc(NC(=O)CSCc2csc(NC(=O)COc3ccc(C)cc3)n2)cc1. The van der Waals surface area contributed by atoms with Crippen LogP contribution in [0.25, 0.3) is 0 Å². The number of hydrogen-bond donors (Lipinski definition) is 2. The molecule has 7 nitrogen and oxygen atoms in total. The number of benzene rings is 2. The Bertz CT molecular complexity index is 1000. The Morgan fingerprint density at radius 3 is 2.42 bits per heavy atom. The Labute approximate surface area is 189 Å². The molecule has 162 valence electrons. The third kappa shape index (κ3) is 7.62. The second-order valence-corrected chi connectivity index (χ2v) is 8.41. The van der Waals surface area contributed by atoms with E-state index in [0.717, 1.165) is 22.7 Å². The van der Waals surface area contributed by atoms with Crippen molar-refractivity contribution in [2.24, 2.45) is 0 Å². The second kappa shape index (κ2) is 11.4. The Kier molecular flexibility index (Phi) is 8.31. The predicted octanol–water partition coefficient (Wildman–Crippen LogP) is 4.35. The molecule has 0 bridgehead atoms. The molecule has 3 aromatic rings. The number of carbonyl (C=O) groups is 2. The lowest BCUT2D eigenvalue weighted by Gasteiger charge is -2.06. The van der Waals surface area contributed by atoms with Gasteiger partial charge in [-0.25, -0.2) is 4.98 Å². The molecule has 0 aliphatic carbocycles. The van der Waals surface area contributed by atoms with Gasteiger partial charge in [-0.15, -0.1) is 23.1 Å². The van der Waals surface area contributed by atoms with Crippen molar-refractivity contribution < 1.29 is 19.1 Å². The zero-order valence-corrected chi connectivity index (χ0v) is 18.8. The molecule has 0 fully saturated rings. The average molecular weight is 458 g/mol. The summed E-state index contributed by atoms with van der Waals surface area (Å²) >= 11 is 2.79. The number of methoxy groups -OCH3 is 1. The van der Waals surface area contributed by atoms with Crippen LogP contribution in [0.5, 0.6) is 11.5 Å². The van der Waals surface area contributed by atoms with Crippen molar-refractivity contribution in [3.05, 3.63) is 65.2 Å². The summed E-state index contributed by atoms with van der Waals surface area (Å²) in [5, 5.41) is 7.94. The van der Waals surface area contributed by atoms with Gasteiger partial charge in [0.25, 0.3) is 5.91 Å². The first-order valence-corrected chi connectivity index (χ1v) is 11.5. The van der Waals surface area contributed by atoms with Crippen molar-refractivity contribution in [3.8, 4) is 11.5 Å². The first-order valence-electron chi connectivity index (χ1n) is 9.47. The van der Waals surface area contributed by atoms with E-state index in [1.165, 1.54) is 23.1 Å². The fraction of sp³-hybridized carbons (Fsp3) is 0.227. The van der Waals surface area contributed by atoms with Crippen molar-refractivity contribution >= 4 is 45.7 Å². The quantitative estimate of drug-likeness (QED) is 0.471. The third-order valence-corrected chi connectivity index (χ3v) is 5.82. The zero-order chi connectivity index (χ0) is 22.1. The van der Waals surface area contributed by atoms with Gasteiger partial charge in [0.2, 0.25) is 5.91 Å². The van der Waals surface area contributed by atoms with Crippen LogP contribution in [0.3, 0.4) is 0 Å². The molecule has 0 saturated heterocycles. The number of amides is 2. The van der Waals surface area contributed by atoms with Crippen LogP contribution in [-0.4, -0.2) is 36.3 Å². The van der Waals surface area contributed by atoms with E-state index in [0.29, 0.717) is 22.4 Å². The fourth-order valence-corrected chi connectivity index (χ4v) is 4.04. The zero-order valence-electron chi connectivity index (χ0n) is 17.2. The highest BCUT2D eigenvalue weighted by atomic mass is 32.2. The molecule has 0 atom stereocenters. The lowest BCUT2D eigenvalue weighted by atomic mass is 10.2. The maximum atomic E-state index is 12.1. The molecule has 0 spiro atoms. The molecule has 31 heavy (non-hydrogen) atoms. The van der Waals surface area contributed by atoms with Crippen molar-refractivity contribution in [3.63, 3.8) is 0 Å². The molecule has 0 aliphatic rings. The first kappa shape index (κ1) is 22.6. The molecule has 0 unspecified atom stereocenters. The summed E-state index contributed by atoms with van der Waals surface area (Å²) in [5.41, 5.74) is 2.66. The molecule has 0 aliphatic heterocycles. The molecular formula is C22H23N3O4S2. The summed E-state index contributed by atoms with van der Waals surface area (Å²) in [7, 11) is 1.60. The van der Waals surface area contributed by atoms with Crippen LogP contribution >= 0.6 is 23.1 Å². The monoisotopic (exact) mass is 457 g/mol. The van der Waals surface area contributed by atoms with Crippen molar-refractivity contribution in [1.29, 1.82) is 0 Å². The number of aryl methyl sites for hydroxylation is 1. The maximum Gasteiger partial charge on any atom is 0.264 e. The molecular weight excluding hydrogens is 434 g/mol. The molecule has 2 amide bonds. The van der Waals surface area contributed by atoms with Gasteiger partial charge in [0.05, 0.1) is 18.6 Å². The maximum absolute atomic E-state index is 12.1. The number of aromatic nitrogens is 1. The van der Waals surface area contributed by atoms with Crippen molar-refractivity contribution in [2.45, 2.75) is 12.7 Å². The summed E-state index contributed by atoms with van der Waals surface area (Å²) < 4.78 is 10.6. The van der Waals surface area contributed by atoms with Crippen LogP contribution < -0.4 is 20.1 Å². The van der Waals surface area contributed by atoms with Crippen LogP contribution in [0.4, 0.5) is 10.8 Å². The van der Waals surface area contributed by atoms with Crippen LogP contribution in [0, 0.1) is 6.92 Å². The van der Waals surface area contributed by atoms with E-state index in [1.807, 2.05) is 36.6 Å². The Morgan fingerprint density at radius 2 is 1.71 bits per heavy atom. The number of nitrogens with zero attached hydrogens (tertiary/aromatic N) is 1. The summed E-state index contributed by atoms with van der Waals surface area (Å²) in [6.45, 7) is 1.90. The van der Waals surface area contributed by atoms with Gasteiger partial charge in [0.15, 0.2) is 11.7 Å². The summed E-state index contributed by atoms with van der Waals surface area (Å²) in [4.78, 5) is 28.5. The summed E-state index contributed by atoms with van der Waals surface area (Å²) in [6.07, 6.45) is 0. The number of ether oxygens (including phenoxy) is 2. The Morgan fingerprint density at radius 1 is 1.00 bits per heavy atom. The minimum Gasteiger partial charge on any atom is -0.497 e. The predicted molar refractivity (Wildman–Crippen MR) is 125 cm³/mol. The van der Waals surface area contributed by atoms with Crippen molar-refractivity contribution in [2.75, 3.05) is 30.1 Å². The van der Waals surface area contributed by atoms with E-state index >= 15 is 0 Å². The van der Waals surface area contributed by atoms with Gasteiger partial charge >= 0.3 is 0 Å². The molecule has 3 rings (SSSR count). The van der Waals surface area contributed by atoms with Gasteiger partial charge in [0.1, 0.15) is 11.5 Å². The lowest BCUT2D eigenvalue weighted by Crippen LogP contribution is -2.20. The van der Waals surface area contributed by atoms with Crippen LogP contribution in [0.15, 0.2) is 53.9 Å². The van der Waals surface area contributed by atoms with Crippen LogP contribution in [0.1, 0.15) is 11.3 Å². The van der Waals surface area contributed by atoms with E-state index in [1.54, 1.807) is 31.4 Å². The molecule has 0 radical (unpaired) electrons. The third-order valence-electron chi connectivity index (χ3n) is 4.05. The first-order chi connectivity index (χ1) is 15.0. The van der Waals surface area contributed by atoms with E-state index in [2.05, 4.69) is 15.6 Å². The number of nitrogens with one attached hydrogen (secondary N) is 2. The van der Waals surface area contributed by atoms with E-state index in [4.69, 9.17) is 9.47 Å². The molecule has 1 heterocycles. The number of rotatable bonds is 10. The highest BCUT2D eigenvalue weighted by molar-refractivity contribution is 7.99. The number of anilines is 2. The number of thiazole rings is 1. The average Bonchev–Trinajstić information content (AvgIpc) is 3.21. The van der Waals surface area contributed by atoms with Crippen LogP contribution in [-0.2, 0) is 15.3 Å². The van der Waals surface area contributed by atoms with Gasteiger partial charge in [0, 0.05) is 16.8 Å².